The molecule has 0 amide bonds. The van der Waals surface area contributed by atoms with Gasteiger partial charge in [-0.1, -0.05) is 128 Å². The van der Waals surface area contributed by atoms with Crippen LogP contribution < -0.4 is 4.90 Å². The molecule has 29 heavy (non-hydrogen) atoms. The van der Waals surface area contributed by atoms with Crippen LogP contribution in [0, 0.1) is 0 Å². The Labute approximate surface area is 183 Å². The fraction of sp³-hybridized carbons (Fsp3) is 0.714. The SMILES string of the molecule is CC=C(C)N(CCCCCCCCCCCCCCCCCC)c1ccccc1. The third-order valence-electron chi connectivity index (χ3n) is 6.15. The van der Waals surface area contributed by atoms with Gasteiger partial charge in [-0.15, -0.1) is 0 Å². The van der Waals surface area contributed by atoms with Crippen LogP contribution in [0.3, 0.4) is 0 Å². The average molecular weight is 400 g/mol. The van der Waals surface area contributed by atoms with Gasteiger partial charge in [0, 0.05) is 17.9 Å². The topological polar surface area (TPSA) is 3.24 Å². The minimum Gasteiger partial charge on any atom is -0.346 e. The summed E-state index contributed by atoms with van der Waals surface area (Å²) in [7, 11) is 0. The van der Waals surface area contributed by atoms with Crippen LogP contribution >= 0.6 is 0 Å². The van der Waals surface area contributed by atoms with E-state index >= 15 is 0 Å². The normalized spacial score (nSPS) is 11.8. The monoisotopic (exact) mass is 399 g/mol. The van der Waals surface area contributed by atoms with Crippen LogP contribution in [0.15, 0.2) is 42.1 Å². The zero-order chi connectivity index (χ0) is 21.0. The van der Waals surface area contributed by atoms with Gasteiger partial charge in [0.05, 0.1) is 0 Å². The molecule has 0 saturated heterocycles. The van der Waals surface area contributed by atoms with Gasteiger partial charge in [-0.2, -0.15) is 0 Å². The second-order valence-corrected chi connectivity index (χ2v) is 8.72. The second-order valence-electron chi connectivity index (χ2n) is 8.72. The molecule has 0 aliphatic carbocycles. The molecule has 1 aromatic carbocycles. The van der Waals surface area contributed by atoms with Crippen LogP contribution in [0.5, 0.6) is 0 Å². The van der Waals surface area contributed by atoms with Crippen molar-refractivity contribution in [3.63, 3.8) is 0 Å². The third kappa shape index (κ3) is 13.6. The van der Waals surface area contributed by atoms with E-state index in [4.69, 9.17) is 0 Å². The highest BCUT2D eigenvalue weighted by molar-refractivity contribution is 5.51. The predicted octanol–water partition coefficient (Wildman–Crippen LogP) is 9.68. The number of unbranched alkanes of at least 4 members (excludes halogenated alkanes) is 15. The van der Waals surface area contributed by atoms with Crippen LogP contribution in [-0.4, -0.2) is 6.54 Å². The van der Waals surface area contributed by atoms with Crippen LogP contribution in [0.25, 0.3) is 0 Å². The quantitative estimate of drug-likeness (QED) is 0.209. The number of para-hydroxylation sites is 1. The van der Waals surface area contributed by atoms with E-state index in [1.165, 1.54) is 114 Å². The highest BCUT2D eigenvalue weighted by Gasteiger charge is 2.06. The largest absolute Gasteiger partial charge is 0.346 e. The minimum atomic E-state index is 1.14. The molecule has 0 atom stereocenters. The Kier molecular flexibility index (Phi) is 16.7. The van der Waals surface area contributed by atoms with E-state index in [0.717, 1.165) is 6.54 Å². The fourth-order valence-corrected chi connectivity index (χ4v) is 4.09. The molecular weight excluding hydrogens is 350 g/mol. The average Bonchev–Trinajstić information content (AvgIpc) is 2.76. The van der Waals surface area contributed by atoms with Crippen LogP contribution in [0.4, 0.5) is 5.69 Å². The van der Waals surface area contributed by atoms with Crippen LogP contribution in [-0.2, 0) is 0 Å². The molecule has 1 heteroatoms. The Morgan fingerprint density at radius 3 is 1.48 bits per heavy atom. The van der Waals surface area contributed by atoms with E-state index in [1.54, 1.807) is 0 Å². The molecule has 0 aliphatic rings. The molecule has 166 valence electrons. The molecule has 1 nitrogen and oxygen atoms in total. The Morgan fingerprint density at radius 1 is 0.655 bits per heavy atom. The standard InChI is InChI=1S/C28H49N/c1-4-6-7-8-9-10-11-12-13-14-15-16-17-18-19-23-26-29(27(3)5-2)28-24-21-20-22-25-28/h5,20-22,24-25H,4,6-19,23,26H2,1-3H3. The molecular formula is C28H49N. The van der Waals surface area contributed by atoms with Gasteiger partial charge in [0.25, 0.3) is 0 Å². The van der Waals surface area contributed by atoms with Gasteiger partial charge in [-0.05, 0) is 32.4 Å². The first-order chi connectivity index (χ1) is 14.3. The summed E-state index contributed by atoms with van der Waals surface area (Å²) < 4.78 is 0. The summed E-state index contributed by atoms with van der Waals surface area (Å²) in [6.45, 7) is 7.79. The first-order valence-electron chi connectivity index (χ1n) is 12.7. The molecule has 0 saturated carbocycles. The summed E-state index contributed by atoms with van der Waals surface area (Å²) in [6.07, 6.45) is 25.1. The Bertz CT molecular complexity index is 490. The number of nitrogens with zero attached hydrogens (tertiary/aromatic N) is 1. The lowest BCUT2D eigenvalue weighted by molar-refractivity contribution is 0.529. The predicted molar refractivity (Wildman–Crippen MR) is 133 cm³/mol. The minimum absolute atomic E-state index is 1.14. The number of rotatable bonds is 19. The highest BCUT2D eigenvalue weighted by Crippen LogP contribution is 2.20. The molecule has 1 aromatic rings. The van der Waals surface area contributed by atoms with Crippen LogP contribution in [0.1, 0.15) is 124 Å². The lowest BCUT2D eigenvalue weighted by Gasteiger charge is -2.25. The second kappa shape index (κ2) is 18.8. The smallest absolute Gasteiger partial charge is 0.0408 e. The zero-order valence-corrected chi connectivity index (χ0v) is 19.9. The summed E-state index contributed by atoms with van der Waals surface area (Å²) in [4.78, 5) is 2.46. The van der Waals surface area contributed by atoms with Gasteiger partial charge in [0.2, 0.25) is 0 Å². The molecule has 0 N–H and O–H groups in total. The van der Waals surface area contributed by atoms with Gasteiger partial charge < -0.3 is 4.90 Å². The molecule has 0 aliphatic heterocycles. The summed E-state index contributed by atoms with van der Waals surface area (Å²) in [5, 5.41) is 0. The van der Waals surface area contributed by atoms with Crippen molar-refractivity contribution in [2.24, 2.45) is 0 Å². The zero-order valence-electron chi connectivity index (χ0n) is 19.9. The van der Waals surface area contributed by atoms with Crippen molar-refractivity contribution in [3.05, 3.63) is 42.1 Å². The maximum Gasteiger partial charge on any atom is 0.0408 e. The highest BCUT2D eigenvalue weighted by atomic mass is 15.1. The van der Waals surface area contributed by atoms with Gasteiger partial charge in [0.15, 0.2) is 0 Å². The molecule has 0 unspecified atom stereocenters. The Balaban J connectivity index is 1.94. The van der Waals surface area contributed by atoms with E-state index in [1.807, 2.05) is 0 Å². The number of anilines is 1. The van der Waals surface area contributed by atoms with Crippen molar-refractivity contribution < 1.29 is 0 Å². The molecule has 0 heterocycles. The van der Waals surface area contributed by atoms with Crippen molar-refractivity contribution in [2.45, 2.75) is 124 Å². The first kappa shape index (κ1) is 25.8. The van der Waals surface area contributed by atoms with Gasteiger partial charge in [-0.25, -0.2) is 0 Å². The third-order valence-corrected chi connectivity index (χ3v) is 6.15. The molecule has 0 radical (unpaired) electrons. The van der Waals surface area contributed by atoms with E-state index in [0.29, 0.717) is 0 Å². The van der Waals surface area contributed by atoms with Crippen molar-refractivity contribution >= 4 is 5.69 Å². The molecule has 0 bridgehead atoms. The summed E-state index contributed by atoms with van der Waals surface area (Å²) >= 11 is 0. The van der Waals surface area contributed by atoms with Crippen molar-refractivity contribution in [3.8, 4) is 0 Å². The first-order valence-corrected chi connectivity index (χ1v) is 12.7. The van der Waals surface area contributed by atoms with Gasteiger partial charge in [0.1, 0.15) is 0 Å². The fourth-order valence-electron chi connectivity index (χ4n) is 4.09. The Hall–Kier alpha value is -1.24. The molecule has 0 spiro atoms. The van der Waals surface area contributed by atoms with Crippen LogP contribution in [0.2, 0.25) is 0 Å². The van der Waals surface area contributed by atoms with Gasteiger partial charge in [-0.3, -0.25) is 0 Å². The molecule has 0 fully saturated rings. The number of hydrogen-bond acceptors (Lipinski definition) is 1. The number of hydrogen-bond donors (Lipinski definition) is 0. The maximum absolute atomic E-state index is 2.46. The van der Waals surface area contributed by atoms with E-state index < -0.39 is 0 Å². The van der Waals surface area contributed by atoms with E-state index in [9.17, 15) is 0 Å². The van der Waals surface area contributed by atoms with Crippen molar-refractivity contribution in [1.29, 1.82) is 0 Å². The van der Waals surface area contributed by atoms with Crippen molar-refractivity contribution in [2.75, 3.05) is 11.4 Å². The molecule has 0 aromatic heterocycles. The Morgan fingerprint density at radius 2 is 1.07 bits per heavy atom. The van der Waals surface area contributed by atoms with Gasteiger partial charge >= 0.3 is 0 Å². The number of benzene rings is 1. The van der Waals surface area contributed by atoms with E-state index in [-0.39, 0.29) is 0 Å². The summed E-state index contributed by atoms with van der Waals surface area (Å²) in [5.41, 5.74) is 2.68. The summed E-state index contributed by atoms with van der Waals surface area (Å²) in [6, 6.07) is 10.8. The van der Waals surface area contributed by atoms with Crippen molar-refractivity contribution in [1.82, 2.24) is 0 Å². The molecule has 1 rings (SSSR count). The summed E-state index contributed by atoms with van der Waals surface area (Å²) in [5.74, 6) is 0. The maximum atomic E-state index is 2.46. The lowest BCUT2D eigenvalue weighted by Crippen LogP contribution is -2.22. The van der Waals surface area contributed by atoms with E-state index in [2.05, 4.69) is 62.1 Å². The number of allylic oxidation sites excluding steroid dienone is 2. The lowest BCUT2D eigenvalue weighted by atomic mass is 10.0.